The summed E-state index contributed by atoms with van der Waals surface area (Å²) in [5.41, 5.74) is 0.229. The first-order chi connectivity index (χ1) is 8.63. The van der Waals surface area contributed by atoms with E-state index in [4.69, 9.17) is 16.7 Å². The van der Waals surface area contributed by atoms with Crippen LogP contribution in [0.5, 0.6) is 0 Å². The van der Waals surface area contributed by atoms with E-state index in [-0.39, 0.29) is 35.6 Å². The molecule has 2 rings (SSSR count). The summed E-state index contributed by atoms with van der Waals surface area (Å²) in [6.07, 6.45) is 1.86. The highest BCUT2D eigenvalue weighted by Crippen LogP contribution is 2.28. The topological polar surface area (TPSA) is 40.5 Å². The van der Waals surface area contributed by atoms with Crippen LogP contribution in [0.3, 0.4) is 0 Å². The zero-order valence-electron chi connectivity index (χ0n) is 9.90. The Balaban J connectivity index is 2.10. The fraction of sp³-hybridized carbons (Fsp3) is 0.462. The molecule has 1 fully saturated rings. The average Bonchev–Trinajstić information content (AvgIpc) is 3.15. The van der Waals surface area contributed by atoms with E-state index in [1.54, 1.807) is 11.0 Å². The van der Waals surface area contributed by atoms with Crippen molar-refractivity contribution in [2.45, 2.75) is 25.3 Å². The average molecular weight is 272 g/mol. The SMILES string of the molecule is O=C(Cc1c(F)cccc1Cl)N(CCO)C1CC1. The van der Waals surface area contributed by atoms with Gasteiger partial charge < -0.3 is 10.0 Å². The number of hydrogen-bond acceptors (Lipinski definition) is 2. The first-order valence-electron chi connectivity index (χ1n) is 5.96. The number of carbonyl (C=O) groups excluding carboxylic acids is 1. The van der Waals surface area contributed by atoms with E-state index in [1.165, 1.54) is 12.1 Å². The largest absolute Gasteiger partial charge is 0.395 e. The molecule has 0 unspecified atom stereocenters. The lowest BCUT2D eigenvalue weighted by molar-refractivity contribution is -0.131. The van der Waals surface area contributed by atoms with E-state index in [2.05, 4.69) is 0 Å². The summed E-state index contributed by atoms with van der Waals surface area (Å²) in [6, 6.07) is 4.58. The maximum atomic E-state index is 13.6. The van der Waals surface area contributed by atoms with Crippen molar-refractivity contribution >= 4 is 17.5 Å². The smallest absolute Gasteiger partial charge is 0.227 e. The maximum Gasteiger partial charge on any atom is 0.227 e. The van der Waals surface area contributed by atoms with E-state index in [9.17, 15) is 9.18 Å². The van der Waals surface area contributed by atoms with Crippen LogP contribution in [0.1, 0.15) is 18.4 Å². The molecule has 0 aromatic heterocycles. The van der Waals surface area contributed by atoms with Gasteiger partial charge in [-0.15, -0.1) is 0 Å². The molecule has 0 heterocycles. The van der Waals surface area contributed by atoms with Gasteiger partial charge in [-0.3, -0.25) is 4.79 Å². The second-order valence-electron chi connectivity index (χ2n) is 4.42. The monoisotopic (exact) mass is 271 g/mol. The normalized spacial score (nSPS) is 14.6. The van der Waals surface area contributed by atoms with Crippen LogP contribution in [0.2, 0.25) is 5.02 Å². The second-order valence-corrected chi connectivity index (χ2v) is 4.83. The number of nitrogens with zero attached hydrogens (tertiary/aromatic N) is 1. The molecule has 1 aromatic carbocycles. The van der Waals surface area contributed by atoms with E-state index in [0.29, 0.717) is 6.54 Å². The highest BCUT2D eigenvalue weighted by molar-refractivity contribution is 6.31. The summed E-state index contributed by atoms with van der Waals surface area (Å²) in [6.45, 7) is 0.225. The van der Waals surface area contributed by atoms with Crippen LogP contribution in [0.15, 0.2) is 18.2 Å². The Morgan fingerprint density at radius 1 is 1.50 bits per heavy atom. The molecule has 0 saturated heterocycles. The third kappa shape index (κ3) is 3.00. The van der Waals surface area contributed by atoms with Gasteiger partial charge in [0, 0.05) is 23.2 Å². The Morgan fingerprint density at radius 3 is 2.78 bits per heavy atom. The Labute approximate surface area is 110 Å². The Hall–Kier alpha value is -1.13. The highest BCUT2D eigenvalue weighted by Gasteiger charge is 2.32. The lowest BCUT2D eigenvalue weighted by Gasteiger charge is -2.21. The van der Waals surface area contributed by atoms with Crippen LogP contribution in [-0.4, -0.2) is 35.1 Å². The zero-order chi connectivity index (χ0) is 13.1. The summed E-state index contributed by atoms with van der Waals surface area (Å²) in [7, 11) is 0. The molecule has 0 atom stereocenters. The van der Waals surface area contributed by atoms with Gasteiger partial charge in [0.15, 0.2) is 0 Å². The van der Waals surface area contributed by atoms with Crippen LogP contribution < -0.4 is 0 Å². The number of halogens is 2. The first kappa shape index (κ1) is 13.3. The molecule has 0 radical (unpaired) electrons. The van der Waals surface area contributed by atoms with Crippen molar-refractivity contribution in [3.8, 4) is 0 Å². The third-order valence-electron chi connectivity index (χ3n) is 3.04. The lowest BCUT2D eigenvalue weighted by atomic mass is 10.1. The summed E-state index contributed by atoms with van der Waals surface area (Å²) >= 11 is 5.89. The van der Waals surface area contributed by atoms with Crippen molar-refractivity contribution in [2.75, 3.05) is 13.2 Å². The van der Waals surface area contributed by atoms with Gasteiger partial charge in [-0.2, -0.15) is 0 Å². The minimum atomic E-state index is -0.462. The number of rotatable bonds is 5. The van der Waals surface area contributed by atoms with E-state index < -0.39 is 5.82 Å². The molecule has 98 valence electrons. The molecular weight excluding hydrogens is 257 g/mol. The lowest BCUT2D eigenvalue weighted by Crippen LogP contribution is -2.36. The van der Waals surface area contributed by atoms with Crippen LogP contribution in [0, 0.1) is 5.82 Å². The molecule has 1 saturated carbocycles. The number of hydrogen-bond donors (Lipinski definition) is 1. The number of aliphatic hydroxyl groups excluding tert-OH is 1. The van der Waals surface area contributed by atoms with Gasteiger partial charge in [-0.05, 0) is 25.0 Å². The van der Waals surface area contributed by atoms with Crippen molar-refractivity contribution in [3.63, 3.8) is 0 Å². The fourth-order valence-corrected chi connectivity index (χ4v) is 2.19. The van der Waals surface area contributed by atoms with Gasteiger partial charge in [0.1, 0.15) is 5.82 Å². The van der Waals surface area contributed by atoms with Gasteiger partial charge in [0.05, 0.1) is 13.0 Å². The van der Waals surface area contributed by atoms with Gasteiger partial charge in [0.2, 0.25) is 5.91 Å². The van der Waals surface area contributed by atoms with E-state index in [0.717, 1.165) is 12.8 Å². The third-order valence-corrected chi connectivity index (χ3v) is 3.39. The van der Waals surface area contributed by atoms with Crippen LogP contribution in [0.25, 0.3) is 0 Å². The number of aliphatic hydroxyl groups is 1. The number of carbonyl (C=O) groups is 1. The van der Waals surface area contributed by atoms with E-state index in [1.807, 2.05) is 0 Å². The molecule has 0 spiro atoms. The molecule has 1 aliphatic rings. The fourth-order valence-electron chi connectivity index (χ4n) is 1.96. The molecule has 1 aromatic rings. The minimum Gasteiger partial charge on any atom is -0.395 e. The molecule has 1 amide bonds. The number of amides is 1. The summed E-state index contributed by atoms with van der Waals surface area (Å²) in [4.78, 5) is 13.7. The number of benzene rings is 1. The minimum absolute atomic E-state index is 0.0536. The Kier molecular flexibility index (Phi) is 4.19. The highest BCUT2D eigenvalue weighted by atomic mass is 35.5. The predicted molar refractivity (Wildman–Crippen MR) is 66.9 cm³/mol. The zero-order valence-corrected chi connectivity index (χ0v) is 10.7. The molecular formula is C13H15ClFNO2. The van der Waals surface area contributed by atoms with Crippen molar-refractivity contribution in [3.05, 3.63) is 34.6 Å². The van der Waals surface area contributed by atoms with Crippen molar-refractivity contribution in [2.24, 2.45) is 0 Å². The predicted octanol–water partition coefficient (Wildman–Crippen LogP) is 2.00. The molecule has 0 aliphatic heterocycles. The molecule has 5 heteroatoms. The molecule has 3 nitrogen and oxygen atoms in total. The molecule has 1 N–H and O–H groups in total. The summed E-state index contributed by atoms with van der Waals surface area (Å²) in [5.74, 6) is -0.644. The van der Waals surface area contributed by atoms with Gasteiger partial charge in [-0.1, -0.05) is 17.7 Å². The Morgan fingerprint density at radius 2 is 2.22 bits per heavy atom. The second kappa shape index (κ2) is 5.67. The molecule has 18 heavy (non-hydrogen) atoms. The van der Waals surface area contributed by atoms with Crippen molar-refractivity contribution in [1.82, 2.24) is 4.90 Å². The summed E-state index contributed by atoms with van der Waals surface area (Å²) < 4.78 is 13.6. The maximum absolute atomic E-state index is 13.6. The van der Waals surface area contributed by atoms with Gasteiger partial charge in [-0.25, -0.2) is 4.39 Å². The van der Waals surface area contributed by atoms with Crippen LogP contribution in [-0.2, 0) is 11.2 Å². The quantitative estimate of drug-likeness (QED) is 0.890. The van der Waals surface area contributed by atoms with Crippen molar-refractivity contribution < 1.29 is 14.3 Å². The van der Waals surface area contributed by atoms with Crippen LogP contribution >= 0.6 is 11.6 Å². The summed E-state index contributed by atoms with van der Waals surface area (Å²) in [5, 5.41) is 9.21. The van der Waals surface area contributed by atoms with Gasteiger partial charge in [0.25, 0.3) is 0 Å². The van der Waals surface area contributed by atoms with Crippen molar-refractivity contribution in [1.29, 1.82) is 0 Å². The molecule has 1 aliphatic carbocycles. The van der Waals surface area contributed by atoms with Crippen LogP contribution in [0.4, 0.5) is 4.39 Å². The van der Waals surface area contributed by atoms with Gasteiger partial charge >= 0.3 is 0 Å². The first-order valence-corrected chi connectivity index (χ1v) is 6.34. The Bertz CT molecular complexity index is 428. The standard InChI is InChI=1S/C13H15ClFNO2/c14-11-2-1-3-12(15)10(11)8-13(18)16(6-7-17)9-4-5-9/h1-3,9,17H,4-8H2. The van der Waals surface area contributed by atoms with E-state index >= 15 is 0 Å². The molecule has 0 bridgehead atoms.